The minimum atomic E-state index is 0.0584. The maximum absolute atomic E-state index is 13.0. The molecule has 1 aromatic heterocycles. The van der Waals surface area contributed by atoms with Gasteiger partial charge in [-0.3, -0.25) is 9.69 Å². The Balaban J connectivity index is 1.74. The van der Waals surface area contributed by atoms with Crippen molar-refractivity contribution in [3.63, 3.8) is 0 Å². The van der Waals surface area contributed by atoms with Gasteiger partial charge in [0.2, 0.25) is 5.91 Å². The highest BCUT2D eigenvalue weighted by Crippen LogP contribution is 2.32. The molecule has 0 saturated carbocycles. The molecular weight excluding hydrogens is 382 g/mol. The van der Waals surface area contributed by atoms with Crippen molar-refractivity contribution in [1.29, 1.82) is 0 Å². The third-order valence-corrected chi connectivity index (χ3v) is 6.04. The third-order valence-electron chi connectivity index (χ3n) is 4.99. The van der Waals surface area contributed by atoms with Crippen molar-refractivity contribution in [1.82, 2.24) is 4.98 Å². The predicted molar refractivity (Wildman–Crippen MR) is 120 cm³/mol. The lowest BCUT2D eigenvalue weighted by molar-refractivity contribution is -0.858. The number of rotatable bonds is 9. The van der Waals surface area contributed by atoms with Gasteiger partial charge >= 0.3 is 0 Å². The Morgan fingerprint density at radius 3 is 2.62 bits per heavy atom. The Hall–Kier alpha value is -2.44. The molecule has 0 atom stereocenters. The number of ether oxygens (including phenoxy) is 1. The van der Waals surface area contributed by atoms with Crippen molar-refractivity contribution in [3.8, 4) is 5.75 Å². The van der Waals surface area contributed by atoms with Crippen LogP contribution >= 0.6 is 11.3 Å². The highest BCUT2D eigenvalue weighted by atomic mass is 32.1. The van der Waals surface area contributed by atoms with E-state index < -0.39 is 0 Å². The smallest absolute Gasteiger partial charge is 0.232 e. The van der Waals surface area contributed by atoms with Crippen LogP contribution in [0.3, 0.4) is 0 Å². The van der Waals surface area contributed by atoms with Crippen molar-refractivity contribution in [2.75, 3.05) is 38.7 Å². The number of nitrogens with one attached hydrogen (secondary N) is 1. The predicted octanol–water partition coefficient (Wildman–Crippen LogP) is 3.25. The highest BCUT2D eigenvalue weighted by Gasteiger charge is 2.20. The minimum absolute atomic E-state index is 0.0584. The fourth-order valence-corrected chi connectivity index (χ4v) is 4.22. The molecule has 6 heteroatoms. The number of para-hydroxylation sites is 1. The normalized spacial score (nSPS) is 11.2. The summed E-state index contributed by atoms with van der Waals surface area (Å²) in [5, 5.41) is 0.784. The molecule has 5 nitrogen and oxygen atoms in total. The van der Waals surface area contributed by atoms with Crippen molar-refractivity contribution < 1.29 is 14.4 Å². The van der Waals surface area contributed by atoms with Crippen LogP contribution in [0.25, 0.3) is 10.2 Å². The number of fused-ring (bicyclic) bond motifs is 1. The molecular formula is C23H30N3O2S+. The van der Waals surface area contributed by atoms with Gasteiger partial charge in [0.25, 0.3) is 0 Å². The fourth-order valence-electron chi connectivity index (χ4n) is 3.16. The molecule has 3 rings (SSSR count). The molecule has 1 N–H and O–H groups in total. The topological polar surface area (TPSA) is 46.9 Å². The number of hydrogen-bond acceptors (Lipinski definition) is 4. The summed E-state index contributed by atoms with van der Waals surface area (Å²) in [6.45, 7) is 6.23. The first-order valence-electron chi connectivity index (χ1n) is 10.1. The molecule has 0 radical (unpaired) electrons. The van der Waals surface area contributed by atoms with E-state index in [2.05, 4.69) is 40.1 Å². The third kappa shape index (κ3) is 5.55. The van der Waals surface area contributed by atoms with Crippen LogP contribution in [0.5, 0.6) is 5.75 Å². The molecule has 1 heterocycles. The molecule has 0 spiro atoms. The molecule has 2 aromatic carbocycles. The van der Waals surface area contributed by atoms with E-state index in [0.29, 0.717) is 19.6 Å². The van der Waals surface area contributed by atoms with E-state index in [1.165, 1.54) is 16.0 Å². The number of thiazole rings is 1. The van der Waals surface area contributed by atoms with Gasteiger partial charge in [-0.05, 0) is 43.2 Å². The van der Waals surface area contributed by atoms with Gasteiger partial charge in [-0.2, -0.15) is 0 Å². The summed E-state index contributed by atoms with van der Waals surface area (Å²) in [7, 11) is 4.26. The number of aromatic nitrogens is 1. The van der Waals surface area contributed by atoms with Gasteiger partial charge in [0, 0.05) is 13.0 Å². The Morgan fingerprint density at radius 1 is 1.14 bits per heavy atom. The highest BCUT2D eigenvalue weighted by molar-refractivity contribution is 7.22. The average molecular weight is 413 g/mol. The second-order valence-electron chi connectivity index (χ2n) is 7.62. The average Bonchev–Trinajstić information content (AvgIpc) is 3.13. The Bertz CT molecular complexity index is 953. The zero-order valence-electron chi connectivity index (χ0n) is 17.7. The van der Waals surface area contributed by atoms with Gasteiger partial charge in [-0.15, -0.1) is 0 Å². The van der Waals surface area contributed by atoms with E-state index in [1.54, 1.807) is 11.3 Å². The number of benzene rings is 2. The molecule has 0 aliphatic heterocycles. The maximum atomic E-state index is 13.0. The molecule has 3 aromatic rings. The lowest BCUT2D eigenvalue weighted by atomic mass is 10.1. The van der Waals surface area contributed by atoms with Gasteiger partial charge in [0.15, 0.2) is 5.13 Å². The Labute approximate surface area is 176 Å². The quantitative estimate of drug-likeness (QED) is 0.587. The Kier molecular flexibility index (Phi) is 7.23. The standard InChI is InChI=1S/C23H29N3O2S/c1-17-11-12-20-22(18(17)2)24-23(29-20)26(15-8-14-25(3)4)21(27)13-16-28-19-9-6-5-7-10-19/h5-7,9-12H,8,13-16H2,1-4H3/p+1. The minimum Gasteiger partial charge on any atom is -0.493 e. The second-order valence-corrected chi connectivity index (χ2v) is 8.63. The monoisotopic (exact) mass is 412 g/mol. The number of amides is 1. The summed E-state index contributed by atoms with van der Waals surface area (Å²) in [4.78, 5) is 21.1. The fraction of sp³-hybridized carbons (Fsp3) is 0.391. The number of aryl methyl sites for hydroxylation is 2. The van der Waals surface area contributed by atoms with Gasteiger partial charge in [0.1, 0.15) is 5.75 Å². The van der Waals surface area contributed by atoms with Gasteiger partial charge in [-0.25, -0.2) is 4.98 Å². The molecule has 0 aliphatic carbocycles. The van der Waals surface area contributed by atoms with Crippen molar-refractivity contribution in [2.24, 2.45) is 0 Å². The van der Waals surface area contributed by atoms with E-state index in [-0.39, 0.29) is 5.91 Å². The summed E-state index contributed by atoms with van der Waals surface area (Å²) >= 11 is 1.59. The lowest BCUT2D eigenvalue weighted by Crippen LogP contribution is -3.05. The van der Waals surface area contributed by atoms with Crippen molar-refractivity contribution >= 4 is 32.6 Å². The number of quaternary nitrogens is 1. The first kappa shape index (κ1) is 21.3. The first-order chi connectivity index (χ1) is 14.0. The van der Waals surface area contributed by atoms with E-state index in [4.69, 9.17) is 9.72 Å². The molecule has 0 unspecified atom stereocenters. The van der Waals surface area contributed by atoms with E-state index in [9.17, 15) is 4.79 Å². The van der Waals surface area contributed by atoms with Crippen LogP contribution in [-0.4, -0.2) is 44.7 Å². The summed E-state index contributed by atoms with van der Waals surface area (Å²) < 4.78 is 6.86. The number of carbonyl (C=O) groups is 1. The second kappa shape index (κ2) is 9.85. The Morgan fingerprint density at radius 2 is 1.90 bits per heavy atom. The number of anilines is 1. The van der Waals surface area contributed by atoms with E-state index in [0.717, 1.165) is 34.1 Å². The van der Waals surface area contributed by atoms with Gasteiger partial charge < -0.3 is 9.64 Å². The number of nitrogens with zero attached hydrogens (tertiary/aromatic N) is 2. The molecule has 1 amide bonds. The van der Waals surface area contributed by atoms with Gasteiger partial charge in [0.05, 0.1) is 43.9 Å². The van der Waals surface area contributed by atoms with Crippen LogP contribution in [-0.2, 0) is 4.79 Å². The summed E-state index contributed by atoms with van der Waals surface area (Å²) in [5.41, 5.74) is 3.41. The van der Waals surface area contributed by atoms with Gasteiger partial charge in [-0.1, -0.05) is 35.6 Å². The molecule has 0 aliphatic rings. The lowest BCUT2D eigenvalue weighted by Gasteiger charge is -2.20. The van der Waals surface area contributed by atoms with Crippen LogP contribution < -0.4 is 14.5 Å². The first-order valence-corrected chi connectivity index (χ1v) is 10.9. The van der Waals surface area contributed by atoms with Crippen LogP contribution in [0.2, 0.25) is 0 Å². The summed E-state index contributed by atoms with van der Waals surface area (Å²) in [6.07, 6.45) is 1.26. The van der Waals surface area contributed by atoms with Crippen molar-refractivity contribution in [2.45, 2.75) is 26.7 Å². The zero-order valence-corrected chi connectivity index (χ0v) is 18.5. The largest absolute Gasteiger partial charge is 0.493 e. The van der Waals surface area contributed by atoms with Crippen LogP contribution in [0.1, 0.15) is 24.0 Å². The molecule has 154 valence electrons. The molecule has 29 heavy (non-hydrogen) atoms. The van der Waals surface area contributed by atoms with E-state index >= 15 is 0 Å². The maximum Gasteiger partial charge on any atom is 0.232 e. The number of hydrogen-bond donors (Lipinski definition) is 1. The molecule has 0 saturated heterocycles. The van der Waals surface area contributed by atoms with Crippen LogP contribution in [0.15, 0.2) is 42.5 Å². The number of carbonyl (C=O) groups excluding carboxylic acids is 1. The van der Waals surface area contributed by atoms with Crippen LogP contribution in [0.4, 0.5) is 5.13 Å². The van der Waals surface area contributed by atoms with Crippen LogP contribution in [0, 0.1) is 13.8 Å². The molecule has 0 bridgehead atoms. The SMILES string of the molecule is Cc1ccc2sc(N(CCC[NH+](C)C)C(=O)CCOc3ccccc3)nc2c1C. The van der Waals surface area contributed by atoms with Crippen molar-refractivity contribution in [3.05, 3.63) is 53.6 Å². The zero-order chi connectivity index (χ0) is 20.8. The summed E-state index contributed by atoms with van der Waals surface area (Å²) in [5.74, 6) is 0.845. The molecule has 0 fully saturated rings. The van der Waals surface area contributed by atoms with E-state index in [1.807, 2.05) is 35.2 Å². The summed E-state index contributed by atoms with van der Waals surface area (Å²) in [6, 6.07) is 13.8.